The Hall–Kier alpha value is -1.71. The van der Waals surface area contributed by atoms with E-state index in [4.69, 9.17) is 4.74 Å². The lowest BCUT2D eigenvalue weighted by Gasteiger charge is -2.36. The van der Waals surface area contributed by atoms with E-state index >= 15 is 0 Å². The fourth-order valence-electron chi connectivity index (χ4n) is 3.24. The van der Waals surface area contributed by atoms with Crippen LogP contribution in [0.25, 0.3) is 0 Å². The summed E-state index contributed by atoms with van der Waals surface area (Å²) in [7, 11) is 1.72. The second-order valence-corrected chi connectivity index (χ2v) is 6.55. The molecule has 6 nitrogen and oxygen atoms in total. The Morgan fingerprint density at radius 2 is 1.85 bits per heavy atom. The van der Waals surface area contributed by atoms with Crippen molar-refractivity contribution >= 4 is 24.2 Å². The van der Waals surface area contributed by atoms with Crippen LogP contribution in [-0.2, 0) is 10.9 Å². The van der Waals surface area contributed by atoms with Gasteiger partial charge in [-0.3, -0.25) is 4.90 Å². The number of halogens is 4. The monoisotopic (exact) mass is 411 g/mol. The number of benzene rings is 1. The number of hydrogen-bond donors (Lipinski definition) is 0. The Kier molecular flexibility index (Phi) is 8.19. The van der Waals surface area contributed by atoms with Gasteiger partial charge >= 0.3 is 12.3 Å². The number of carbonyl (C=O) groups is 1. The summed E-state index contributed by atoms with van der Waals surface area (Å²) in [6.07, 6.45) is -3.89. The fourth-order valence-corrected chi connectivity index (χ4v) is 3.24. The highest BCUT2D eigenvalue weighted by Crippen LogP contribution is 2.31. The predicted molar refractivity (Wildman–Crippen MR) is 98.5 cm³/mol. The zero-order chi connectivity index (χ0) is 18.0. The number of carbonyl (C=O) groups excluding carboxylic acids is 1. The Balaban J connectivity index is 0.00000182. The Bertz CT molecular complexity index is 625. The zero-order valence-electron chi connectivity index (χ0n) is 15.0. The molecule has 3 rings (SSSR count). The molecule has 0 aromatic heterocycles. The van der Waals surface area contributed by atoms with Gasteiger partial charge in [0.15, 0.2) is 0 Å². The SMILES string of the molecule is CN1CC(CCN2CCN(c3cccc(C(F)(F)F)c3)CC2)OC1=O.Cl.O. The van der Waals surface area contributed by atoms with Gasteiger partial charge in [-0.25, -0.2) is 4.79 Å². The summed E-state index contributed by atoms with van der Waals surface area (Å²) in [5.41, 5.74) is 0.000390. The number of piperazine rings is 1. The largest absolute Gasteiger partial charge is 0.444 e. The van der Waals surface area contributed by atoms with Crippen LogP contribution in [0.1, 0.15) is 12.0 Å². The molecule has 1 unspecified atom stereocenters. The van der Waals surface area contributed by atoms with Gasteiger partial charge in [0, 0.05) is 45.5 Å². The predicted octanol–water partition coefficient (Wildman–Crippen LogP) is 2.27. The Labute approximate surface area is 162 Å². The van der Waals surface area contributed by atoms with E-state index in [1.54, 1.807) is 18.0 Å². The average molecular weight is 412 g/mol. The summed E-state index contributed by atoms with van der Waals surface area (Å²) in [5, 5.41) is 0. The molecule has 1 aromatic carbocycles. The van der Waals surface area contributed by atoms with Crippen molar-refractivity contribution in [1.29, 1.82) is 0 Å². The van der Waals surface area contributed by atoms with Crippen molar-refractivity contribution in [2.45, 2.75) is 18.7 Å². The number of likely N-dealkylation sites (N-methyl/N-ethyl adjacent to an activating group) is 1. The summed E-state index contributed by atoms with van der Waals surface area (Å²) < 4.78 is 43.7. The van der Waals surface area contributed by atoms with E-state index in [0.29, 0.717) is 25.3 Å². The van der Waals surface area contributed by atoms with Crippen LogP contribution >= 0.6 is 12.4 Å². The van der Waals surface area contributed by atoms with E-state index in [-0.39, 0.29) is 30.1 Å². The van der Waals surface area contributed by atoms with Crippen LogP contribution in [0.2, 0.25) is 0 Å². The molecule has 1 atom stereocenters. The van der Waals surface area contributed by atoms with Gasteiger partial charge in [0.1, 0.15) is 6.10 Å². The number of nitrogens with zero attached hydrogens (tertiary/aromatic N) is 3. The van der Waals surface area contributed by atoms with Crippen molar-refractivity contribution in [3.8, 4) is 0 Å². The molecule has 0 radical (unpaired) electrons. The maximum absolute atomic E-state index is 12.8. The molecule has 27 heavy (non-hydrogen) atoms. The van der Waals surface area contributed by atoms with Crippen LogP contribution in [0.5, 0.6) is 0 Å². The van der Waals surface area contributed by atoms with Crippen molar-refractivity contribution in [1.82, 2.24) is 9.80 Å². The van der Waals surface area contributed by atoms with Gasteiger partial charge in [-0.2, -0.15) is 13.2 Å². The third kappa shape index (κ3) is 5.88. The highest BCUT2D eigenvalue weighted by atomic mass is 35.5. The molecule has 2 heterocycles. The molecule has 10 heteroatoms. The summed E-state index contributed by atoms with van der Waals surface area (Å²) in [4.78, 5) is 17.1. The number of anilines is 1. The number of amides is 1. The van der Waals surface area contributed by atoms with Crippen LogP contribution in [0, 0.1) is 0 Å². The summed E-state index contributed by atoms with van der Waals surface area (Å²) >= 11 is 0. The molecular weight excluding hydrogens is 387 g/mol. The van der Waals surface area contributed by atoms with Crippen LogP contribution < -0.4 is 4.90 Å². The lowest BCUT2D eigenvalue weighted by molar-refractivity contribution is -0.137. The molecule has 2 fully saturated rings. The normalized spacial score (nSPS) is 20.7. The van der Waals surface area contributed by atoms with Gasteiger partial charge < -0.3 is 20.0 Å². The average Bonchev–Trinajstić information content (AvgIpc) is 2.91. The molecule has 0 bridgehead atoms. The van der Waals surface area contributed by atoms with Crippen molar-refractivity contribution in [2.24, 2.45) is 0 Å². The van der Waals surface area contributed by atoms with Crippen LogP contribution in [-0.4, -0.2) is 73.8 Å². The molecule has 2 N–H and O–H groups in total. The first-order valence-electron chi connectivity index (χ1n) is 8.39. The topological polar surface area (TPSA) is 67.5 Å². The molecule has 0 spiro atoms. The van der Waals surface area contributed by atoms with Gasteiger partial charge in [0.2, 0.25) is 0 Å². The number of rotatable bonds is 4. The third-order valence-corrected chi connectivity index (χ3v) is 4.73. The lowest BCUT2D eigenvalue weighted by Crippen LogP contribution is -2.47. The van der Waals surface area contributed by atoms with Gasteiger partial charge in [-0.05, 0) is 24.6 Å². The summed E-state index contributed by atoms with van der Waals surface area (Å²) in [6.45, 7) is 4.38. The second kappa shape index (κ2) is 9.48. The van der Waals surface area contributed by atoms with E-state index < -0.39 is 11.7 Å². The van der Waals surface area contributed by atoms with E-state index in [1.807, 2.05) is 4.90 Å². The highest BCUT2D eigenvalue weighted by Gasteiger charge is 2.31. The van der Waals surface area contributed by atoms with Crippen molar-refractivity contribution in [2.75, 3.05) is 51.2 Å². The summed E-state index contributed by atoms with van der Waals surface area (Å²) in [5.74, 6) is 0. The summed E-state index contributed by atoms with van der Waals surface area (Å²) in [6, 6.07) is 5.48. The first-order chi connectivity index (χ1) is 11.8. The number of hydrogen-bond acceptors (Lipinski definition) is 4. The molecule has 2 saturated heterocycles. The van der Waals surface area contributed by atoms with Crippen molar-refractivity contribution in [3.63, 3.8) is 0 Å². The quantitative estimate of drug-likeness (QED) is 0.762. The minimum Gasteiger partial charge on any atom is -0.444 e. The number of cyclic esters (lactones) is 1. The standard InChI is InChI=1S/C17H22F3N3O2.ClH.H2O/c1-21-12-15(25-16(21)24)5-6-22-7-9-23(10-8-22)14-4-2-3-13(11-14)17(18,19)20;;/h2-4,11,15H,5-10,12H2,1H3;1H;1H2. The molecule has 2 aliphatic rings. The molecule has 2 aliphatic heterocycles. The molecular formula is C17H25ClF3N3O3. The maximum Gasteiger partial charge on any atom is 0.416 e. The van der Waals surface area contributed by atoms with Crippen LogP contribution in [0.15, 0.2) is 24.3 Å². The third-order valence-electron chi connectivity index (χ3n) is 4.73. The van der Waals surface area contributed by atoms with Crippen molar-refractivity contribution < 1.29 is 28.2 Å². The smallest absolute Gasteiger partial charge is 0.416 e. The van der Waals surface area contributed by atoms with E-state index in [1.165, 1.54) is 12.1 Å². The lowest BCUT2D eigenvalue weighted by atomic mass is 10.1. The number of ether oxygens (including phenoxy) is 1. The minimum absolute atomic E-state index is 0. The van der Waals surface area contributed by atoms with E-state index in [0.717, 1.165) is 32.1 Å². The molecule has 0 saturated carbocycles. The second-order valence-electron chi connectivity index (χ2n) is 6.55. The first-order valence-corrected chi connectivity index (χ1v) is 8.39. The van der Waals surface area contributed by atoms with E-state index in [9.17, 15) is 18.0 Å². The minimum atomic E-state index is -4.32. The highest BCUT2D eigenvalue weighted by molar-refractivity contribution is 5.85. The molecule has 0 aliphatic carbocycles. The fraction of sp³-hybridized carbons (Fsp3) is 0.588. The maximum atomic E-state index is 12.8. The van der Waals surface area contributed by atoms with Crippen molar-refractivity contribution in [3.05, 3.63) is 29.8 Å². The van der Waals surface area contributed by atoms with Gasteiger partial charge in [-0.1, -0.05) is 6.07 Å². The van der Waals surface area contributed by atoms with E-state index in [2.05, 4.69) is 4.90 Å². The van der Waals surface area contributed by atoms with Crippen LogP contribution in [0.3, 0.4) is 0 Å². The van der Waals surface area contributed by atoms with Gasteiger partial charge in [0.05, 0.1) is 12.1 Å². The van der Waals surface area contributed by atoms with Gasteiger partial charge in [0.25, 0.3) is 0 Å². The molecule has 1 amide bonds. The zero-order valence-corrected chi connectivity index (χ0v) is 15.9. The van der Waals surface area contributed by atoms with Crippen LogP contribution in [0.4, 0.5) is 23.7 Å². The molecule has 154 valence electrons. The number of alkyl halides is 3. The Morgan fingerprint density at radius 3 is 2.41 bits per heavy atom. The molecule has 1 aromatic rings. The van der Waals surface area contributed by atoms with Gasteiger partial charge in [-0.15, -0.1) is 12.4 Å². The first kappa shape index (κ1) is 23.3. The Morgan fingerprint density at radius 1 is 1.19 bits per heavy atom.